The minimum absolute atomic E-state index is 0.113. The first-order chi connectivity index (χ1) is 10.0. The van der Waals surface area contributed by atoms with E-state index in [9.17, 15) is 8.42 Å². The number of aromatic amines is 2. The Hall–Kier alpha value is -1.71. The summed E-state index contributed by atoms with van der Waals surface area (Å²) in [6, 6.07) is 0. The molecule has 116 valence electrons. The highest BCUT2D eigenvalue weighted by molar-refractivity contribution is 7.89. The lowest BCUT2D eigenvalue weighted by atomic mass is 10.3. The van der Waals surface area contributed by atoms with E-state index in [1.54, 1.807) is 19.3 Å². The Morgan fingerprint density at radius 2 is 2.14 bits per heavy atom. The fraction of sp³-hybridized carbons (Fsp3) is 0.500. The topological polar surface area (TPSA) is 116 Å². The van der Waals surface area contributed by atoms with Crippen LogP contribution in [0.3, 0.4) is 0 Å². The van der Waals surface area contributed by atoms with Crippen molar-refractivity contribution in [2.24, 2.45) is 0 Å². The zero-order valence-electron chi connectivity index (χ0n) is 12.1. The Labute approximate surface area is 123 Å². The van der Waals surface area contributed by atoms with Gasteiger partial charge in [-0.05, 0) is 19.9 Å². The van der Waals surface area contributed by atoms with Gasteiger partial charge in [0, 0.05) is 18.9 Å². The molecule has 0 aliphatic rings. The highest BCUT2D eigenvalue weighted by atomic mass is 32.2. The largest absolute Gasteiger partial charge is 0.347 e. The van der Waals surface area contributed by atoms with E-state index in [1.165, 1.54) is 0 Å². The summed E-state index contributed by atoms with van der Waals surface area (Å²) in [5.74, 6) is 0.561. The number of rotatable bonds is 8. The van der Waals surface area contributed by atoms with Crippen LogP contribution in [0.15, 0.2) is 17.3 Å². The van der Waals surface area contributed by atoms with Gasteiger partial charge in [-0.25, -0.2) is 18.1 Å². The third-order valence-corrected chi connectivity index (χ3v) is 4.54. The van der Waals surface area contributed by atoms with Crippen LogP contribution in [0.4, 0.5) is 0 Å². The number of nitrogens with one attached hydrogen (secondary N) is 4. The molecule has 0 bridgehead atoms. The monoisotopic (exact) mass is 312 g/mol. The van der Waals surface area contributed by atoms with Gasteiger partial charge in [-0.2, -0.15) is 5.10 Å². The van der Waals surface area contributed by atoms with Crippen molar-refractivity contribution in [3.8, 4) is 0 Å². The molecule has 8 nitrogen and oxygen atoms in total. The van der Waals surface area contributed by atoms with Crippen LogP contribution in [-0.4, -0.2) is 35.1 Å². The maximum atomic E-state index is 12.4. The molecule has 2 heterocycles. The predicted molar refractivity (Wildman–Crippen MR) is 77.9 cm³/mol. The summed E-state index contributed by atoms with van der Waals surface area (Å²) in [6.45, 7) is 5.07. The van der Waals surface area contributed by atoms with Crippen molar-refractivity contribution in [1.29, 1.82) is 0 Å². The smallest absolute Gasteiger partial charge is 0.244 e. The van der Waals surface area contributed by atoms with Crippen molar-refractivity contribution < 1.29 is 8.42 Å². The quantitative estimate of drug-likeness (QED) is 0.527. The third-order valence-electron chi connectivity index (χ3n) is 2.93. The Kier molecular flexibility index (Phi) is 5.10. The number of nitrogens with zero attached hydrogens (tertiary/aromatic N) is 2. The summed E-state index contributed by atoms with van der Waals surface area (Å²) in [4.78, 5) is 7.05. The van der Waals surface area contributed by atoms with Gasteiger partial charge in [0.2, 0.25) is 10.0 Å². The van der Waals surface area contributed by atoms with Gasteiger partial charge in [0.25, 0.3) is 0 Å². The van der Waals surface area contributed by atoms with Gasteiger partial charge in [0.05, 0.1) is 17.9 Å². The number of hydrogen-bond acceptors (Lipinski definition) is 5. The summed E-state index contributed by atoms with van der Waals surface area (Å²) in [5.41, 5.74) is 1.02. The normalized spacial score (nSPS) is 11.9. The lowest BCUT2D eigenvalue weighted by molar-refractivity contribution is 0.575. The van der Waals surface area contributed by atoms with Gasteiger partial charge in [0.15, 0.2) is 0 Å². The Balaban J connectivity index is 2.13. The molecule has 2 rings (SSSR count). The minimum Gasteiger partial charge on any atom is -0.347 e. The molecule has 0 saturated carbocycles. The minimum atomic E-state index is -3.64. The fourth-order valence-corrected chi connectivity index (χ4v) is 3.31. The van der Waals surface area contributed by atoms with Crippen molar-refractivity contribution in [2.75, 3.05) is 6.54 Å². The first-order valence-electron chi connectivity index (χ1n) is 6.77. The zero-order chi connectivity index (χ0) is 15.3. The molecule has 4 N–H and O–H groups in total. The van der Waals surface area contributed by atoms with E-state index < -0.39 is 10.0 Å². The fourth-order valence-electron chi connectivity index (χ4n) is 1.96. The van der Waals surface area contributed by atoms with Crippen LogP contribution in [0.25, 0.3) is 0 Å². The molecule has 0 atom stereocenters. The van der Waals surface area contributed by atoms with Crippen LogP contribution < -0.4 is 10.0 Å². The standard InChI is InChI=1S/C12H20N6O2S/c1-3-4-13-7-10-12(9(2)17-18-10)21(19,20)16-8-11-14-5-6-15-11/h5-6,13,16H,3-4,7-8H2,1-2H3,(H,14,15)(H,17,18). The van der Waals surface area contributed by atoms with Crippen molar-refractivity contribution in [1.82, 2.24) is 30.2 Å². The van der Waals surface area contributed by atoms with Crippen LogP contribution >= 0.6 is 0 Å². The molecule has 0 saturated heterocycles. The van der Waals surface area contributed by atoms with E-state index in [2.05, 4.69) is 30.2 Å². The molecule has 0 aromatic carbocycles. The summed E-state index contributed by atoms with van der Waals surface area (Å²) in [5, 5.41) is 9.95. The molecule has 0 aliphatic heterocycles. The molecule has 2 aromatic heterocycles. The first-order valence-corrected chi connectivity index (χ1v) is 8.25. The Morgan fingerprint density at radius 3 is 2.81 bits per heavy atom. The average Bonchev–Trinajstić information content (AvgIpc) is 3.07. The van der Waals surface area contributed by atoms with E-state index in [1.807, 2.05) is 6.92 Å². The predicted octanol–water partition coefficient (Wildman–Crippen LogP) is 0.419. The maximum Gasteiger partial charge on any atom is 0.244 e. The van der Waals surface area contributed by atoms with Crippen molar-refractivity contribution in [3.63, 3.8) is 0 Å². The van der Waals surface area contributed by atoms with Gasteiger partial charge in [-0.15, -0.1) is 0 Å². The van der Waals surface area contributed by atoms with Gasteiger partial charge in [-0.3, -0.25) is 5.10 Å². The molecule has 0 spiro atoms. The molecular formula is C12H20N6O2S. The van der Waals surface area contributed by atoms with Gasteiger partial charge in [0.1, 0.15) is 10.7 Å². The van der Waals surface area contributed by atoms with Gasteiger partial charge >= 0.3 is 0 Å². The second-order valence-corrected chi connectivity index (χ2v) is 6.37. The number of hydrogen-bond donors (Lipinski definition) is 4. The number of sulfonamides is 1. The molecule has 0 amide bonds. The van der Waals surface area contributed by atoms with Gasteiger partial charge in [-0.1, -0.05) is 6.92 Å². The average molecular weight is 312 g/mol. The van der Waals surface area contributed by atoms with Crippen LogP contribution in [0.1, 0.15) is 30.6 Å². The molecule has 0 radical (unpaired) electrons. The number of H-pyrrole nitrogens is 2. The zero-order valence-corrected chi connectivity index (χ0v) is 12.9. The third kappa shape index (κ3) is 3.90. The van der Waals surface area contributed by atoms with Crippen LogP contribution in [0, 0.1) is 6.92 Å². The molecular weight excluding hydrogens is 292 g/mol. The second kappa shape index (κ2) is 6.83. The van der Waals surface area contributed by atoms with E-state index in [-0.39, 0.29) is 11.4 Å². The van der Waals surface area contributed by atoms with E-state index in [0.29, 0.717) is 23.8 Å². The second-order valence-electron chi connectivity index (χ2n) is 4.66. The van der Waals surface area contributed by atoms with Gasteiger partial charge < -0.3 is 10.3 Å². The highest BCUT2D eigenvalue weighted by Gasteiger charge is 2.24. The molecule has 0 unspecified atom stereocenters. The van der Waals surface area contributed by atoms with Crippen LogP contribution in [0.5, 0.6) is 0 Å². The molecule has 0 fully saturated rings. The maximum absolute atomic E-state index is 12.4. The summed E-state index contributed by atoms with van der Waals surface area (Å²) in [6.07, 6.45) is 4.20. The van der Waals surface area contributed by atoms with Crippen molar-refractivity contribution in [2.45, 2.75) is 38.3 Å². The van der Waals surface area contributed by atoms with Crippen LogP contribution in [0.2, 0.25) is 0 Å². The lowest BCUT2D eigenvalue weighted by Gasteiger charge is -2.07. The molecule has 21 heavy (non-hydrogen) atoms. The first kappa shape index (κ1) is 15.7. The summed E-state index contributed by atoms with van der Waals surface area (Å²) < 4.78 is 27.4. The SMILES string of the molecule is CCCNCc1n[nH]c(C)c1S(=O)(=O)NCc1ncc[nH]1. The highest BCUT2D eigenvalue weighted by Crippen LogP contribution is 2.17. The Bertz CT molecular complexity index is 662. The van der Waals surface area contributed by atoms with Crippen LogP contribution in [-0.2, 0) is 23.1 Å². The van der Waals surface area contributed by atoms with E-state index in [0.717, 1.165) is 13.0 Å². The number of aryl methyl sites for hydroxylation is 1. The van der Waals surface area contributed by atoms with Crippen molar-refractivity contribution in [3.05, 3.63) is 29.6 Å². The summed E-state index contributed by atoms with van der Waals surface area (Å²) in [7, 11) is -3.64. The molecule has 2 aromatic rings. The molecule has 0 aliphatic carbocycles. The lowest BCUT2D eigenvalue weighted by Crippen LogP contribution is -2.26. The van der Waals surface area contributed by atoms with Crippen molar-refractivity contribution >= 4 is 10.0 Å². The number of imidazole rings is 1. The number of aromatic nitrogens is 4. The Morgan fingerprint density at radius 1 is 1.33 bits per heavy atom. The van der Waals surface area contributed by atoms with E-state index >= 15 is 0 Å². The van der Waals surface area contributed by atoms with E-state index in [4.69, 9.17) is 0 Å². The molecule has 9 heteroatoms. The summed E-state index contributed by atoms with van der Waals surface area (Å²) >= 11 is 0.